The molecule has 0 aliphatic carbocycles. The Bertz CT molecular complexity index is 4230. The van der Waals surface area contributed by atoms with E-state index in [9.17, 15) is 0 Å². The number of aryl methyl sites for hydroxylation is 2. The molecule has 4 heterocycles. The highest BCUT2D eigenvalue weighted by Crippen LogP contribution is 2.60. The van der Waals surface area contributed by atoms with Crippen LogP contribution in [0.25, 0.3) is 88.9 Å². The predicted molar refractivity (Wildman–Crippen MR) is 323 cm³/mol. The summed E-state index contributed by atoms with van der Waals surface area (Å²) in [4.78, 5) is 13.4. The number of hydrogen-bond acceptors (Lipinski definition) is 3. The van der Waals surface area contributed by atoms with Gasteiger partial charge in [-0.1, -0.05) is 230 Å². The first-order valence-electron chi connectivity index (χ1n) is 26.8. The molecule has 0 amide bonds. The third-order valence-corrected chi connectivity index (χ3v) is 16.1. The van der Waals surface area contributed by atoms with Crippen molar-refractivity contribution in [1.29, 1.82) is 0 Å². The number of rotatable bonds is 8. The van der Waals surface area contributed by atoms with E-state index < -0.39 is 5.41 Å². The number of fused-ring (bicyclic) bond motifs is 8. The molecule has 11 aromatic carbocycles. The molecule has 3 aromatic heterocycles. The van der Waals surface area contributed by atoms with Gasteiger partial charge >= 0.3 is 0 Å². The topological polar surface area (TPSA) is 38.9 Å². The second kappa shape index (κ2) is 18.0. The monoisotopic (exact) mass is 997 g/mol. The Balaban J connectivity index is 1.14. The van der Waals surface area contributed by atoms with Crippen molar-refractivity contribution in [3.05, 3.63) is 306 Å². The van der Waals surface area contributed by atoms with Crippen molar-refractivity contribution >= 4 is 60.7 Å². The second-order valence-corrected chi connectivity index (χ2v) is 20.6. The average molecular weight is 998 g/mol. The van der Waals surface area contributed by atoms with E-state index in [2.05, 4.69) is 295 Å². The van der Waals surface area contributed by atoms with E-state index in [1.54, 1.807) is 0 Å². The normalized spacial score (nSPS) is 12.8. The molecule has 0 bridgehead atoms. The smallest absolute Gasteiger partial charge is 0.160 e. The van der Waals surface area contributed by atoms with Gasteiger partial charge in [0, 0.05) is 38.2 Å². The molecular formula is C73H51N5. The summed E-state index contributed by atoms with van der Waals surface area (Å²) in [6.07, 6.45) is 0. The molecule has 78 heavy (non-hydrogen) atoms. The highest BCUT2D eigenvalue weighted by atomic mass is 15.2. The van der Waals surface area contributed by atoms with Crippen molar-refractivity contribution in [2.75, 3.05) is 4.90 Å². The molecule has 0 saturated carbocycles. The van der Waals surface area contributed by atoms with Gasteiger partial charge in [0.1, 0.15) is 0 Å². The molecule has 0 saturated heterocycles. The lowest BCUT2D eigenvalue weighted by Crippen LogP contribution is -2.38. The number of para-hydroxylation sites is 6. The van der Waals surface area contributed by atoms with Gasteiger partial charge in [0.2, 0.25) is 0 Å². The van der Waals surface area contributed by atoms with Crippen LogP contribution in [-0.4, -0.2) is 19.1 Å². The molecule has 368 valence electrons. The van der Waals surface area contributed by atoms with E-state index in [1.165, 1.54) is 54.9 Å². The summed E-state index contributed by atoms with van der Waals surface area (Å²) >= 11 is 0. The zero-order valence-electron chi connectivity index (χ0n) is 43.2. The molecule has 5 nitrogen and oxygen atoms in total. The van der Waals surface area contributed by atoms with Crippen molar-refractivity contribution in [2.45, 2.75) is 19.3 Å². The minimum Gasteiger partial charge on any atom is -0.307 e. The van der Waals surface area contributed by atoms with Gasteiger partial charge in [0.05, 0.1) is 67.3 Å². The molecule has 0 spiro atoms. The molecule has 0 radical (unpaired) electrons. The molecule has 0 fully saturated rings. The van der Waals surface area contributed by atoms with E-state index in [0.717, 1.165) is 78.6 Å². The van der Waals surface area contributed by atoms with E-state index in [4.69, 9.17) is 9.97 Å². The summed E-state index contributed by atoms with van der Waals surface area (Å²) in [5.41, 5.74) is 20.8. The van der Waals surface area contributed by atoms with Crippen molar-refractivity contribution in [2.24, 2.45) is 0 Å². The van der Waals surface area contributed by atoms with Crippen LogP contribution in [0.15, 0.2) is 273 Å². The van der Waals surface area contributed by atoms with Crippen molar-refractivity contribution < 1.29 is 0 Å². The lowest BCUT2D eigenvalue weighted by atomic mass is 9.62. The van der Waals surface area contributed by atoms with Crippen LogP contribution in [-0.2, 0) is 5.41 Å². The molecule has 5 heteroatoms. The fourth-order valence-electron chi connectivity index (χ4n) is 12.6. The number of nitrogens with zero attached hydrogens (tertiary/aromatic N) is 5. The molecule has 15 rings (SSSR count). The zero-order chi connectivity index (χ0) is 51.9. The Morgan fingerprint density at radius 2 is 0.667 bits per heavy atom. The van der Waals surface area contributed by atoms with E-state index in [1.807, 2.05) is 6.07 Å². The van der Waals surface area contributed by atoms with Crippen molar-refractivity contribution in [1.82, 2.24) is 19.1 Å². The molecule has 1 aliphatic heterocycles. The highest BCUT2D eigenvalue weighted by Gasteiger charge is 2.47. The van der Waals surface area contributed by atoms with E-state index in [-0.39, 0.29) is 0 Å². The van der Waals surface area contributed by atoms with Crippen molar-refractivity contribution in [3.63, 3.8) is 0 Å². The van der Waals surface area contributed by atoms with Gasteiger partial charge in [-0.05, 0) is 90.7 Å². The van der Waals surface area contributed by atoms with Gasteiger partial charge in [-0.2, -0.15) is 0 Å². The quantitative estimate of drug-likeness (QED) is 0.152. The number of hydrogen-bond donors (Lipinski definition) is 0. The van der Waals surface area contributed by atoms with Gasteiger partial charge in [-0.3, -0.25) is 0 Å². The Morgan fingerprint density at radius 3 is 1.10 bits per heavy atom. The lowest BCUT2D eigenvalue weighted by molar-refractivity contribution is 0.730. The SMILES string of the molecule is Cc1ccc(C2(c3ccc(C)cc3)c3ccccc3N(c3c(-n4c5ccccc5c5ccccc54)cc(-c4cc(-c5ccccc5)nc(-c5ccccc5)n4)cc3-n3c4ccccc4c4ccccc43)c3ccccc32)cc1. The van der Waals surface area contributed by atoms with Crippen LogP contribution in [0.2, 0.25) is 0 Å². The van der Waals surface area contributed by atoms with Crippen LogP contribution in [0, 0.1) is 13.8 Å². The Kier molecular flexibility index (Phi) is 10.5. The summed E-state index contributed by atoms with van der Waals surface area (Å²) in [5, 5.41) is 4.72. The van der Waals surface area contributed by atoms with Gasteiger partial charge in [-0.15, -0.1) is 0 Å². The minimum absolute atomic E-state index is 0.662. The number of benzene rings is 11. The van der Waals surface area contributed by atoms with Crippen LogP contribution < -0.4 is 4.90 Å². The van der Waals surface area contributed by atoms with Crippen LogP contribution in [0.5, 0.6) is 0 Å². The van der Waals surface area contributed by atoms with E-state index >= 15 is 0 Å². The Morgan fingerprint density at radius 1 is 0.308 bits per heavy atom. The van der Waals surface area contributed by atoms with E-state index in [0.29, 0.717) is 5.82 Å². The van der Waals surface area contributed by atoms with Crippen LogP contribution >= 0.6 is 0 Å². The third kappa shape index (κ3) is 6.95. The highest BCUT2D eigenvalue weighted by molar-refractivity contribution is 6.13. The summed E-state index contributed by atoms with van der Waals surface area (Å²) in [6, 6.07) is 99.9. The van der Waals surface area contributed by atoms with Crippen LogP contribution in [0.1, 0.15) is 33.4 Å². The maximum Gasteiger partial charge on any atom is 0.160 e. The largest absolute Gasteiger partial charge is 0.307 e. The van der Waals surface area contributed by atoms with Gasteiger partial charge < -0.3 is 14.0 Å². The average Bonchev–Trinajstić information content (AvgIpc) is 4.10. The molecule has 1 aliphatic rings. The zero-order valence-corrected chi connectivity index (χ0v) is 43.2. The van der Waals surface area contributed by atoms with Gasteiger partial charge in [0.25, 0.3) is 0 Å². The molecular weight excluding hydrogens is 947 g/mol. The maximum absolute atomic E-state index is 5.56. The standard InChI is InChI=1S/C73H51N5/c1-48-37-41-53(42-38-48)73(54-43-39-49(2)40-44-54)59-29-13-19-35-67(59)78(68-36-20-14-30-60(68)73)71-69(76-63-31-15-9-25-55(63)56-26-10-16-32-64(56)76)45-52(46-70(71)77-65-33-17-11-27-57(65)58-28-12-18-34-66(58)77)62-47-61(50-21-5-3-6-22-50)74-72(75-62)51-23-7-4-8-24-51/h3-47H,1-2H3. The Labute approximate surface area is 453 Å². The first-order valence-corrected chi connectivity index (χ1v) is 26.8. The molecule has 0 unspecified atom stereocenters. The maximum atomic E-state index is 5.56. The lowest BCUT2D eigenvalue weighted by Gasteiger charge is -2.47. The molecule has 0 atom stereocenters. The summed E-state index contributed by atoms with van der Waals surface area (Å²) in [5.74, 6) is 0.662. The third-order valence-electron chi connectivity index (χ3n) is 16.1. The van der Waals surface area contributed by atoms with Crippen molar-refractivity contribution in [3.8, 4) is 45.3 Å². The number of aromatic nitrogens is 4. The summed E-state index contributed by atoms with van der Waals surface area (Å²) in [7, 11) is 0. The fourth-order valence-corrected chi connectivity index (χ4v) is 12.6. The summed E-state index contributed by atoms with van der Waals surface area (Å²) < 4.78 is 5.01. The first kappa shape index (κ1) is 45.3. The minimum atomic E-state index is -0.687. The second-order valence-electron chi connectivity index (χ2n) is 20.6. The van der Waals surface area contributed by atoms with Gasteiger partial charge in [0.15, 0.2) is 5.82 Å². The summed E-state index contributed by atoms with van der Waals surface area (Å²) in [6.45, 7) is 4.35. The first-order chi connectivity index (χ1) is 38.5. The number of anilines is 3. The Hall–Kier alpha value is -10.1. The molecule has 0 N–H and O–H groups in total. The predicted octanol–water partition coefficient (Wildman–Crippen LogP) is 18.5. The van der Waals surface area contributed by atoms with Gasteiger partial charge in [-0.25, -0.2) is 9.97 Å². The van der Waals surface area contributed by atoms with Crippen LogP contribution in [0.3, 0.4) is 0 Å². The fraction of sp³-hybridized carbons (Fsp3) is 0.0411. The van der Waals surface area contributed by atoms with Crippen LogP contribution in [0.4, 0.5) is 17.1 Å². The molecule has 14 aromatic rings.